The highest BCUT2D eigenvalue weighted by Crippen LogP contribution is 2.23. The molecule has 0 aliphatic rings. The van der Waals surface area contributed by atoms with Crippen molar-refractivity contribution in [2.45, 2.75) is 70.6 Å². The highest BCUT2D eigenvalue weighted by molar-refractivity contribution is 6.61. The van der Waals surface area contributed by atoms with Gasteiger partial charge in [-0.05, 0) is 82.1 Å². The zero-order valence-electron chi connectivity index (χ0n) is 56.4. The Hall–Kier alpha value is -2.87. The predicted molar refractivity (Wildman–Crippen MR) is 336 cm³/mol. The van der Waals surface area contributed by atoms with Gasteiger partial charge in [-0.3, -0.25) is 0 Å². The monoisotopic (exact) mass is 1380 g/mol. The summed E-state index contributed by atoms with van der Waals surface area (Å²) < 4.78 is 75.6. The third-order valence-electron chi connectivity index (χ3n) is 13.0. The van der Waals surface area contributed by atoms with Crippen LogP contribution in [-0.4, -0.2) is 206 Å². The summed E-state index contributed by atoms with van der Waals surface area (Å²) in [6, 6.07) is 19.1. The van der Waals surface area contributed by atoms with E-state index in [1.807, 2.05) is 141 Å². The molecule has 32 heteroatoms. The van der Waals surface area contributed by atoms with Crippen LogP contribution in [0.25, 0.3) is 0 Å². The highest BCUT2D eigenvalue weighted by atomic mass is 35.5. The predicted octanol–water partition coefficient (Wildman–Crippen LogP) is -3.00. The molecule has 0 bridgehead atoms. The molecule has 2 N–H and O–H groups in total. The number of anilines is 2. The Morgan fingerprint density at radius 3 is 0.908 bits per heavy atom. The van der Waals surface area contributed by atoms with Gasteiger partial charge in [0, 0.05) is 156 Å². The second-order valence-electron chi connectivity index (χ2n) is 21.3. The zero-order chi connectivity index (χ0) is 62.6. The van der Waals surface area contributed by atoms with Crippen molar-refractivity contribution in [3.05, 3.63) is 73.3 Å². The fourth-order valence-corrected chi connectivity index (χ4v) is 16.0. The van der Waals surface area contributed by atoms with Gasteiger partial charge in [0.05, 0.1) is 108 Å². The maximum absolute atomic E-state index is 5.89. The molecular weight excluding hydrogens is 1270 g/mol. The average Bonchev–Trinajstić information content (AvgIpc) is 4.12. The number of rotatable bonds is 37. The van der Waals surface area contributed by atoms with Crippen molar-refractivity contribution in [3.8, 4) is 0 Å². The maximum Gasteiger partial charge on any atom is 0.500 e. The molecule has 0 atom stereocenters. The molecule has 0 spiro atoms. The highest BCUT2D eigenvalue weighted by Gasteiger charge is 2.41. The quantitative estimate of drug-likeness (QED) is 0.0152. The van der Waals surface area contributed by atoms with E-state index in [0.717, 1.165) is 120 Å². The summed E-state index contributed by atoms with van der Waals surface area (Å²) in [4.78, 5) is 0. The minimum Gasteiger partial charge on any atom is -1.00 e. The normalized spacial score (nSPS) is 11.9. The van der Waals surface area contributed by atoms with Gasteiger partial charge in [-0.15, -0.1) is 0 Å². The van der Waals surface area contributed by atoms with E-state index >= 15 is 0 Å². The smallest absolute Gasteiger partial charge is 0.500 e. The van der Waals surface area contributed by atoms with Gasteiger partial charge in [-0.25, -0.2) is 18.3 Å². The summed E-state index contributed by atoms with van der Waals surface area (Å²) in [5, 5.41) is 24.0. The Labute approximate surface area is 552 Å². The van der Waals surface area contributed by atoms with Crippen molar-refractivity contribution < 1.29 is 121 Å². The summed E-state index contributed by atoms with van der Waals surface area (Å²) in [6.45, 7) is 11.6. The molecule has 0 saturated heterocycles. The third-order valence-corrected chi connectivity index (χ3v) is 24.7. The van der Waals surface area contributed by atoms with Crippen molar-refractivity contribution in [2.75, 3.05) is 163 Å². The summed E-state index contributed by atoms with van der Waals surface area (Å²) in [7, 11) is 26.0. The first kappa shape index (κ1) is 90.5. The number of hydrogen-bond acceptors (Lipinski definition) is 18. The molecule has 2 aromatic heterocycles. The van der Waals surface area contributed by atoms with Crippen LogP contribution in [0.1, 0.15) is 46.5 Å². The molecule has 87 heavy (non-hydrogen) atoms. The van der Waals surface area contributed by atoms with E-state index in [2.05, 4.69) is 73.4 Å². The Bertz CT molecular complexity index is 2270. The molecule has 0 saturated carbocycles. The first-order chi connectivity index (χ1) is 39.3. The fourth-order valence-electron chi connectivity index (χ4n) is 8.23. The topological polar surface area (TPSA) is 202 Å². The largest absolute Gasteiger partial charge is 1.00 e. The lowest BCUT2D eigenvalue weighted by Gasteiger charge is -2.28. The number of nitrogens with one attached hydrogen (secondary N) is 2. The van der Waals surface area contributed by atoms with E-state index in [1.54, 1.807) is 64.0 Å². The van der Waals surface area contributed by atoms with Crippen LogP contribution in [0.2, 0.25) is 24.2 Å². The average molecular weight is 1390 g/mol. The van der Waals surface area contributed by atoms with Crippen LogP contribution in [-0.2, 0) is 81.3 Å². The summed E-state index contributed by atoms with van der Waals surface area (Å²) in [6.07, 6.45) is 11.7. The van der Waals surface area contributed by atoms with E-state index in [0.29, 0.717) is 19.8 Å². The van der Waals surface area contributed by atoms with Crippen molar-refractivity contribution in [2.24, 2.45) is 48.6 Å². The Balaban J connectivity index is -0.000000546. The molecule has 506 valence electrons. The second-order valence-corrected chi connectivity index (χ2v) is 33.3. The number of quaternary nitrogens is 2. The van der Waals surface area contributed by atoms with Crippen molar-refractivity contribution in [1.82, 2.24) is 9.13 Å². The lowest BCUT2D eigenvalue weighted by Crippen LogP contribution is -3.00. The molecule has 0 aliphatic carbocycles. The number of hydrogen-bond donors (Lipinski definition) is 2. The van der Waals surface area contributed by atoms with E-state index in [1.165, 1.54) is 0 Å². The molecule has 0 unspecified atom stereocenters. The summed E-state index contributed by atoms with van der Waals surface area (Å²) in [5.74, 6) is 1.58. The molecule has 2 aromatic carbocycles. The van der Waals surface area contributed by atoms with Crippen LogP contribution in [0.15, 0.2) is 93.8 Å². The third kappa shape index (κ3) is 35.5. The number of aryl methyl sites for hydroxylation is 4. The second kappa shape index (κ2) is 48.0. The van der Waals surface area contributed by atoms with Crippen molar-refractivity contribution >= 4 is 69.9 Å². The molecule has 0 radical (unpaired) electrons. The Kier molecular flexibility index (Phi) is 49.9. The van der Waals surface area contributed by atoms with Gasteiger partial charge in [-0.1, -0.05) is 10.2 Å². The first-order valence-corrected chi connectivity index (χ1v) is 36.1. The molecule has 0 amide bonds. The van der Waals surface area contributed by atoms with Gasteiger partial charge in [-0.2, -0.15) is 0 Å². The summed E-state index contributed by atoms with van der Waals surface area (Å²) in [5.41, 5.74) is 3.70. The molecular formula is C55H110Cl4N12O12Si4. The lowest BCUT2D eigenvalue weighted by atomic mass is 10.3. The Morgan fingerprint density at radius 1 is 0.414 bits per heavy atom. The van der Waals surface area contributed by atoms with Crippen LogP contribution in [0.3, 0.4) is 0 Å². The van der Waals surface area contributed by atoms with Gasteiger partial charge >= 0.3 is 47.1 Å². The van der Waals surface area contributed by atoms with Crippen molar-refractivity contribution in [1.29, 1.82) is 0 Å². The number of benzene rings is 2. The zero-order valence-corrected chi connectivity index (χ0v) is 63.4. The molecule has 4 rings (SSSR count). The number of nitrogens with zero attached hydrogens (tertiary/aromatic N) is 10. The minimum absolute atomic E-state index is 0. The summed E-state index contributed by atoms with van der Waals surface area (Å²) >= 11 is 0. The van der Waals surface area contributed by atoms with Gasteiger partial charge in [0.25, 0.3) is 0 Å². The standard InChI is InChI=1S/C20H33N5O3Si.C17H27N5O3Si.2C9H24NO3Si.4ClH/c1-6-26-29(27-7-2,28-8-3)17-9-14-21-18-10-12-19(13-11-18)22-23-20-24(4)15-16-25(20)5;1-21-12-13-22(2)17(21)20-19-16-9-7-15(8-10-16)18-11-6-14-26(23-3,24-4)25-5;2*1-10(2,3)8-7-9-14(11-4,12-5)13-6;;;;/h10-13,15-16H,6-9,14,17H2,1-5H3;7-10,12-13H,6,11,14H2,1-5H3;2*7-9H2,1-6H3;4*1H/q;;2*+1;;;;/p-2. The fraction of sp³-hybridized carbons (Fsp3) is 0.673. The van der Waals surface area contributed by atoms with Crippen LogP contribution in [0, 0.1) is 0 Å². The van der Waals surface area contributed by atoms with Gasteiger partial charge in [0.15, 0.2) is 0 Å². The molecule has 0 aliphatic heterocycles. The minimum atomic E-state index is -2.56. The van der Waals surface area contributed by atoms with E-state index in [4.69, 9.17) is 53.1 Å². The molecule has 0 fully saturated rings. The van der Waals surface area contributed by atoms with Gasteiger partial charge in [0.2, 0.25) is 0 Å². The maximum atomic E-state index is 5.89. The van der Waals surface area contributed by atoms with E-state index in [9.17, 15) is 0 Å². The van der Waals surface area contributed by atoms with Crippen LogP contribution in [0.4, 0.5) is 34.6 Å². The number of aromatic nitrogens is 4. The molecule has 4 aromatic rings. The van der Waals surface area contributed by atoms with E-state index < -0.39 is 35.2 Å². The van der Waals surface area contributed by atoms with Gasteiger partial charge < -0.3 is 122 Å². The van der Waals surface area contributed by atoms with Crippen LogP contribution < -0.4 is 69.4 Å². The van der Waals surface area contributed by atoms with Crippen LogP contribution >= 0.6 is 0 Å². The van der Waals surface area contributed by atoms with Crippen molar-refractivity contribution in [3.63, 3.8) is 0 Å². The lowest BCUT2D eigenvalue weighted by molar-refractivity contribution is -0.870. The Morgan fingerprint density at radius 2 is 0.678 bits per heavy atom. The number of azo groups is 2. The number of halogens is 4. The first-order valence-electron chi connectivity index (χ1n) is 28.4. The molecule has 24 nitrogen and oxygen atoms in total. The number of imidazole rings is 2. The molecule has 2 heterocycles. The van der Waals surface area contributed by atoms with E-state index in [-0.39, 0.29) is 49.6 Å². The SMILES string of the molecule is CCO[Si](CCCNc1ccc(N=Nc2n(C)cc[n+]2C)cc1)(OCC)OCC.CO[Si](CCCNc1ccc(N=Nc2n(C)cc[n+]2C)cc1)(OC)OC.CO[Si](CCC[N+](C)(C)C)(OC)OC.CO[Si](CCC[N+](C)(C)C)(OC)OC.[Cl-].[Cl-].[Cl-].[Cl-]. The van der Waals surface area contributed by atoms with Gasteiger partial charge in [0.1, 0.15) is 11.4 Å². The van der Waals surface area contributed by atoms with Crippen LogP contribution in [0.5, 0.6) is 0 Å².